The molecule has 2 heterocycles. The Morgan fingerprint density at radius 2 is 2.10 bits per heavy atom. The third-order valence-corrected chi connectivity index (χ3v) is 3.65. The molecule has 112 valence electrons. The maximum absolute atomic E-state index is 13.2. The summed E-state index contributed by atoms with van der Waals surface area (Å²) in [4.78, 5) is 12.0. The highest BCUT2D eigenvalue weighted by Gasteiger charge is 2.43. The lowest BCUT2D eigenvalue weighted by Gasteiger charge is -2.10. The van der Waals surface area contributed by atoms with Gasteiger partial charge in [-0.25, -0.2) is 4.79 Å². The van der Waals surface area contributed by atoms with Crippen molar-refractivity contribution in [2.45, 2.75) is 52.3 Å². The third-order valence-electron chi connectivity index (χ3n) is 3.65. The predicted octanol–water partition coefficient (Wildman–Crippen LogP) is 3.72. The Labute approximate surface area is 115 Å². The summed E-state index contributed by atoms with van der Waals surface area (Å²) in [6.07, 6.45) is -2.00. The Morgan fingerprint density at radius 3 is 2.70 bits per heavy atom. The third kappa shape index (κ3) is 2.55. The molecule has 0 N–H and O–H groups in total. The molecule has 0 saturated carbocycles. The first-order valence-electron chi connectivity index (χ1n) is 6.84. The van der Waals surface area contributed by atoms with E-state index in [0.29, 0.717) is 31.5 Å². The van der Waals surface area contributed by atoms with Gasteiger partial charge >= 0.3 is 12.1 Å². The number of alkyl halides is 3. The molecule has 1 aromatic heterocycles. The summed E-state index contributed by atoms with van der Waals surface area (Å²) in [7, 11) is 0. The number of esters is 1. The first kappa shape index (κ1) is 14.9. The maximum Gasteiger partial charge on any atom is 0.418 e. The van der Waals surface area contributed by atoms with Crippen molar-refractivity contribution in [1.82, 2.24) is 4.57 Å². The number of carbonyl (C=O) groups excluding carboxylic acids is 1. The van der Waals surface area contributed by atoms with Crippen LogP contribution in [-0.2, 0) is 23.9 Å². The van der Waals surface area contributed by atoms with E-state index in [1.807, 2.05) is 6.92 Å². The number of carbonyl (C=O) groups is 1. The molecule has 0 spiro atoms. The molecule has 0 fully saturated rings. The molecule has 2 rings (SSSR count). The summed E-state index contributed by atoms with van der Waals surface area (Å²) < 4.78 is 46.3. The molecule has 0 bridgehead atoms. The lowest BCUT2D eigenvalue weighted by atomic mass is 10.1. The smallest absolute Gasteiger partial charge is 0.418 e. The Hall–Kier alpha value is -1.46. The average molecular weight is 289 g/mol. The lowest BCUT2D eigenvalue weighted by Crippen LogP contribution is -2.16. The first-order chi connectivity index (χ1) is 9.38. The van der Waals surface area contributed by atoms with Crippen LogP contribution in [0.5, 0.6) is 0 Å². The zero-order valence-electron chi connectivity index (χ0n) is 11.6. The second kappa shape index (κ2) is 5.50. The topological polar surface area (TPSA) is 31.2 Å². The molecule has 1 aromatic rings. The SMILES string of the molecule is CCCCOC(=O)c1c(C(F)(F)F)c2n(c1C)CCC2. The number of halogens is 3. The van der Waals surface area contributed by atoms with Gasteiger partial charge in [-0.3, -0.25) is 0 Å². The van der Waals surface area contributed by atoms with Crippen molar-refractivity contribution < 1.29 is 22.7 Å². The second-order valence-corrected chi connectivity index (χ2v) is 5.02. The van der Waals surface area contributed by atoms with Crippen LogP contribution in [0.4, 0.5) is 13.2 Å². The van der Waals surface area contributed by atoms with Crippen molar-refractivity contribution in [3.8, 4) is 0 Å². The highest BCUT2D eigenvalue weighted by atomic mass is 19.4. The van der Waals surface area contributed by atoms with E-state index in [1.165, 1.54) is 0 Å². The summed E-state index contributed by atoms with van der Waals surface area (Å²) in [5.74, 6) is -0.856. The maximum atomic E-state index is 13.2. The summed E-state index contributed by atoms with van der Waals surface area (Å²) >= 11 is 0. The van der Waals surface area contributed by atoms with Gasteiger partial charge in [0.1, 0.15) is 0 Å². The molecule has 0 aromatic carbocycles. The highest BCUT2D eigenvalue weighted by molar-refractivity contribution is 5.93. The largest absolute Gasteiger partial charge is 0.462 e. The Morgan fingerprint density at radius 1 is 1.40 bits per heavy atom. The van der Waals surface area contributed by atoms with E-state index in [2.05, 4.69) is 0 Å². The Kier molecular flexibility index (Phi) is 4.11. The number of aromatic nitrogens is 1. The van der Waals surface area contributed by atoms with Crippen LogP contribution in [0.3, 0.4) is 0 Å². The zero-order valence-corrected chi connectivity index (χ0v) is 11.6. The Bertz CT molecular complexity index is 517. The summed E-state index contributed by atoms with van der Waals surface area (Å²) in [6, 6.07) is 0. The quantitative estimate of drug-likeness (QED) is 0.625. The molecule has 3 nitrogen and oxygen atoms in total. The number of unbranched alkanes of at least 4 members (excludes halogenated alkanes) is 1. The van der Waals surface area contributed by atoms with E-state index in [9.17, 15) is 18.0 Å². The van der Waals surface area contributed by atoms with Crippen LogP contribution in [0.2, 0.25) is 0 Å². The minimum Gasteiger partial charge on any atom is -0.462 e. The number of hydrogen-bond acceptors (Lipinski definition) is 2. The standard InChI is InChI=1S/C14H18F3NO2/c1-3-4-8-20-13(19)11-9(2)18-7-5-6-10(18)12(11)14(15,16)17/h3-8H2,1-2H3. The van der Waals surface area contributed by atoms with Gasteiger partial charge in [0.2, 0.25) is 0 Å². The van der Waals surface area contributed by atoms with E-state index in [0.717, 1.165) is 6.42 Å². The fourth-order valence-electron chi connectivity index (χ4n) is 2.70. The van der Waals surface area contributed by atoms with Crippen LogP contribution in [0.25, 0.3) is 0 Å². The molecule has 1 aliphatic rings. The van der Waals surface area contributed by atoms with Gasteiger partial charge in [0, 0.05) is 17.9 Å². The predicted molar refractivity (Wildman–Crippen MR) is 67.7 cm³/mol. The molecule has 6 heteroatoms. The van der Waals surface area contributed by atoms with E-state index < -0.39 is 17.7 Å². The van der Waals surface area contributed by atoms with E-state index in [1.54, 1.807) is 11.5 Å². The first-order valence-corrected chi connectivity index (χ1v) is 6.84. The lowest BCUT2D eigenvalue weighted by molar-refractivity contribution is -0.138. The number of fused-ring (bicyclic) bond motifs is 1. The van der Waals surface area contributed by atoms with Gasteiger partial charge in [0.25, 0.3) is 0 Å². The molecule has 0 aliphatic carbocycles. The molecule has 0 amide bonds. The van der Waals surface area contributed by atoms with Gasteiger partial charge in [-0.05, 0) is 26.2 Å². The van der Waals surface area contributed by atoms with E-state index in [-0.39, 0.29) is 17.9 Å². The number of hydrogen-bond donors (Lipinski definition) is 0. The second-order valence-electron chi connectivity index (χ2n) is 5.02. The van der Waals surface area contributed by atoms with Gasteiger partial charge in [0.05, 0.1) is 17.7 Å². The van der Waals surface area contributed by atoms with Crippen molar-refractivity contribution >= 4 is 5.97 Å². The normalized spacial score (nSPS) is 14.4. The van der Waals surface area contributed by atoms with Crippen LogP contribution in [-0.4, -0.2) is 17.1 Å². The van der Waals surface area contributed by atoms with Crippen molar-refractivity contribution in [2.75, 3.05) is 6.61 Å². The van der Waals surface area contributed by atoms with Gasteiger partial charge in [-0.1, -0.05) is 13.3 Å². The van der Waals surface area contributed by atoms with Crippen LogP contribution in [0.1, 0.15) is 53.5 Å². The highest BCUT2D eigenvalue weighted by Crippen LogP contribution is 2.40. The minimum absolute atomic E-state index is 0.159. The fraction of sp³-hybridized carbons (Fsp3) is 0.643. The summed E-state index contributed by atoms with van der Waals surface area (Å²) in [5, 5.41) is 0. The van der Waals surface area contributed by atoms with E-state index in [4.69, 9.17) is 4.74 Å². The molecular formula is C14H18F3NO2. The number of nitrogens with zero attached hydrogens (tertiary/aromatic N) is 1. The molecule has 0 radical (unpaired) electrons. The summed E-state index contributed by atoms with van der Waals surface area (Å²) in [5.41, 5.74) is -0.513. The molecule has 0 saturated heterocycles. The van der Waals surface area contributed by atoms with Crippen molar-refractivity contribution in [2.24, 2.45) is 0 Å². The van der Waals surface area contributed by atoms with Gasteiger partial charge in [0.15, 0.2) is 0 Å². The summed E-state index contributed by atoms with van der Waals surface area (Å²) in [6.45, 7) is 4.17. The van der Waals surface area contributed by atoms with Crippen molar-refractivity contribution in [1.29, 1.82) is 0 Å². The number of ether oxygens (including phenoxy) is 1. The molecule has 20 heavy (non-hydrogen) atoms. The monoisotopic (exact) mass is 289 g/mol. The van der Waals surface area contributed by atoms with Crippen LogP contribution < -0.4 is 0 Å². The van der Waals surface area contributed by atoms with Crippen LogP contribution in [0.15, 0.2) is 0 Å². The van der Waals surface area contributed by atoms with Gasteiger partial charge in [-0.15, -0.1) is 0 Å². The molecule has 0 unspecified atom stereocenters. The number of rotatable bonds is 4. The van der Waals surface area contributed by atoms with Crippen LogP contribution >= 0.6 is 0 Å². The van der Waals surface area contributed by atoms with Crippen molar-refractivity contribution in [3.05, 3.63) is 22.5 Å². The fourth-order valence-corrected chi connectivity index (χ4v) is 2.70. The van der Waals surface area contributed by atoms with E-state index >= 15 is 0 Å². The van der Waals surface area contributed by atoms with Gasteiger partial charge in [-0.2, -0.15) is 13.2 Å². The average Bonchev–Trinajstić information content (AvgIpc) is 2.90. The zero-order chi connectivity index (χ0) is 14.9. The Balaban J connectivity index is 2.40. The van der Waals surface area contributed by atoms with Crippen LogP contribution in [0, 0.1) is 6.92 Å². The molecular weight excluding hydrogens is 271 g/mol. The molecule has 0 atom stereocenters. The van der Waals surface area contributed by atoms with Crippen molar-refractivity contribution in [3.63, 3.8) is 0 Å². The van der Waals surface area contributed by atoms with Gasteiger partial charge < -0.3 is 9.30 Å². The minimum atomic E-state index is -4.52. The molecule has 1 aliphatic heterocycles.